The normalized spacial score (nSPS) is 10.7. The predicted octanol–water partition coefficient (Wildman–Crippen LogP) is 1.74. The first-order valence-corrected chi connectivity index (χ1v) is 7.06. The maximum atomic E-state index is 12.5. The molecule has 1 aromatic carbocycles. The highest BCUT2D eigenvalue weighted by Gasteiger charge is 2.15. The van der Waals surface area contributed by atoms with Gasteiger partial charge >= 0.3 is 11.7 Å². The standard InChI is InChI=1S/C15H15ClN2O4/c1-3-18-14(21)11(7-17(15(18)22)8-13(19)20)10-5-4-6-12(16)9(10)2/h4-7H,3,8H2,1-2H3,(H,19,20). The second kappa shape index (κ2) is 6.19. The minimum absolute atomic E-state index is 0.157. The quantitative estimate of drug-likeness (QED) is 0.929. The average Bonchev–Trinajstić information content (AvgIpc) is 2.45. The number of nitrogens with zero attached hydrogens (tertiary/aromatic N) is 2. The van der Waals surface area contributed by atoms with Crippen molar-refractivity contribution in [1.82, 2.24) is 9.13 Å². The van der Waals surface area contributed by atoms with Crippen LogP contribution in [0.3, 0.4) is 0 Å². The number of benzene rings is 1. The smallest absolute Gasteiger partial charge is 0.331 e. The van der Waals surface area contributed by atoms with E-state index >= 15 is 0 Å². The molecular formula is C15H15ClN2O4. The molecule has 7 heteroatoms. The highest BCUT2D eigenvalue weighted by atomic mass is 35.5. The molecule has 1 N–H and O–H groups in total. The molecule has 2 aromatic rings. The van der Waals surface area contributed by atoms with Gasteiger partial charge in [0.05, 0.1) is 5.56 Å². The highest BCUT2D eigenvalue weighted by molar-refractivity contribution is 6.31. The van der Waals surface area contributed by atoms with Crippen LogP contribution in [0.1, 0.15) is 12.5 Å². The van der Waals surface area contributed by atoms with Gasteiger partial charge in [0.1, 0.15) is 6.54 Å². The van der Waals surface area contributed by atoms with Gasteiger partial charge in [-0.3, -0.25) is 18.7 Å². The van der Waals surface area contributed by atoms with Gasteiger partial charge in [0.15, 0.2) is 0 Å². The van der Waals surface area contributed by atoms with E-state index in [1.807, 2.05) is 0 Å². The molecular weight excluding hydrogens is 308 g/mol. The number of halogens is 1. The lowest BCUT2D eigenvalue weighted by Crippen LogP contribution is -2.41. The predicted molar refractivity (Wildman–Crippen MR) is 83.5 cm³/mol. The van der Waals surface area contributed by atoms with Crippen molar-refractivity contribution in [2.24, 2.45) is 0 Å². The molecule has 0 atom stereocenters. The minimum Gasteiger partial charge on any atom is -0.480 e. The monoisotopic (exact) mass is 322 g/mol. The Labute approximate surface area is 131 Å². The summed E-state index contributed by atoms with van der Waals surface area (Å²) in [5.74, 6) is -1.16. The van der Waals surface area contributed by atoms with Gasteiger partial charge in [-0.25, -0.2) is 4.79 Å². The van der Waals surface area contributed by atoms with Crippen LogP contribution in [0.4, 0.5) is 0 Å². The molecule has 116 valence electrons. The molecule has 0 saturated heterocycles. The summed E-state index contributed by atoms with van der Waals surface area (Å²) in [4.78, 5) is 35.5. The molecule has 0 aliphatic heterocycles. The van der Waals surface area contributed by atoms with Gasteiger partial charge in [-0.2, -0.15) is 0 Å². The fraction of sp³-hybridized carbons (Fsp3) is 0.267. The molecule has 0 radical (unpaired) electrons. The molecule has 0 bridgehead atoms. The first kappa shape index (κ1) is 16.0. The zero-order chi connectivity index (χ0) is 16.4. The summed E-state index contributed by atoms with van der Waals surface area (Å²) in [6.07, 6.45) is 1.28. The van der Waals surface area contributed by atoms with Gasteiger partial charge in [-0.15, -0.1) is 0 Å². The zero-order valence-electron chi connectivity index (χ0n) is 12.2. The first-order chi connectivity index (χ1) is 10.4. The highest BCUT2D eigenvalue weighted by Crippen LogP contribution is 2.25. The van der Waals surface area contributed by atoms with Crippen LogP contribution < -0.4 is 11.2 Å². The summed E-state index contributed by atoms with van der Waals surface area (Å²) >= 11 is 6.07. The van der Waals surface area contributed by atoms with Crippen molar-refractivity contribution >= 4 is 17.6 Å². The molecule has 6 nitrogen and oxygen atoms in total. The van der Waals surface area contributed by atoms with Crippen molar-refractivity contribution in [3.63, 3.8) is 0 Å². The van der Waals surface area contributed by atoms with Crippen molar-refractivity contribution in [2.75, 3.05) is 0 Å². The fourth-order valence-corrected chi connectivity index (χ4v) is 2.45. The molecule has 2 rings (SSSR count). The van der Waals surface area contributed by atoms with Crippen LogP contribution in [0.2, 0.25) is 5.02 Å². The third-order valence-corrected chi connectivity index (χ3v) is 3.83. The third kappa shape index (κ3) is 2.82. The molecule has 0 saturated carbocycles. The molecule has 1 aromatic heterocycles. The van der Waals surface area contributed by atoms with Crippen molar-refractivity contribution in [1.29, 1.82) is 0 Å². The SMILES string of the molecule is CCn1c(=O)c(-c2cccc(Cl)c2C)cn(CC(=O)O)c1=O. The van der Waals surface area contributed by atoms with Gasteiger partial charge in [0.2, 0.25) is 0 Å². The maximum absolute atomic E-state index is 12.5. The number of hydrogen-bond acceptors (Lipinski definition) is 3. The Bertz CT molecular complexity index is 852. The zero-order valence-corrected chi connectivity index (χ0v) is 12.9. The lowest BCUT2D eigenvalue weighted by atomic mass is 10.0. The van der Waals surface area contributed by atoms with Gasteiger partial charge in [0, 0.05) is 17.8 Å². The Kier molecular flexibility index (Phi) is 4.51. The van der Waals surface area contributed by atoms with Crippen LogP contribution >= 0.6 is 11.6 Å². The van der Waals surface area contributed by atoms with Gasteiger partial charge in [0.25, 0.3) is 5.56 Å². The fourth-order valence-electron chi connectivity index (χ4n) is 2.28. The van der Waals surface area contributed by atoms with Crippen molar-refractivity contribution in [3.8, 4) is 11.1 Å². The van der Waals surface area contributed by atoms with Crippen LogP contribution in [-0.4, -0.2) is 20.2 Å². The van der Waals surface area contributed by atoms with Crippen molar-refractivity contribution < 1.29 is 9.90 Å². The molecule has 0 amide bonds. The summed E-state index contributed by atoms with van der Waals surface area (Å²) in [5.41, 5.74) is 0.434. The molecule has 0 unspecified atom stereocenters. The van der Waals surface area contributed by atoms with Crippen LogP contribution in [-0.2, 0) is 17.9 Å². The molecule has 0 aliphatic rings. The van der Waals surface area contributed by atoms with E-state index in [0.29, 0.717) is 16.1 Å². The van der Waals surface area contributed by atoms with E-state index in [4.69, 9.17) is 16.7 Å². The van der Waals surface area contributed by atoms with Gasteiger partial charge < -0.3 is 5.11 Å². The Balaban J connectivity index is 2.81. The van der Waals surface area contributed by atoms with E-state index in [1.165, 1.54) is 6.20 Å². The number of aromatic nitrogens is 2. The Morgan fingerprint density at radius 3 is 2.55 bits per heavy atom. The summed E-state index contributed by atoms with van der Waals surface area (Å²) < 4.78 is 2.03. The Morgan fingerprint density at radius 2 is 1.95 bits per heavy atom. The number of carbonyl (C=O) groups is 1. The van der Waals surface area contributed by atoms with Crippen LogP contribution in [0.15, 0.2) is 34.0 Å². The molecule has 0 spiro atoms. The van der Waals surface area contributed by atoms with Gasteiger partial charge in [-0.1, -0.05) is 23.7 Å². The molecule has 0 fully saturated rings. The molecule has 1 heterocycles. The summed E-state index contributed by atoms with van der Waals surface area (Å²) in [5, 5.41) is 9.41. The van der Waals surface area contributed by atoms with E-state index < -0.39 is 23.8 Å². The average molecular weight is 323 g/mol. The van der Waals surface area contributed by atoms with E-state index in [2.05, 4.69) is 0 Å². The largest absolute Gasteiger partial charge is 0.480 e. The van der Waals surface area contributed by atoms with Crippen molar-refractivity contribution in [3.05, 3.63) is 55.8 Å². The number of carboxylic acid groups (broad SMARTS) is 1. The number of hydrogen-bond donors (Lipinski definition) is 1. The lowest BCUT2D eigenvalue weighted by Gasteiger charge is -2.12. The number of rotatable bonds is 4. The maximum Gasteiger partial charge on any atom is 0.331 e. The van der Waals surface area contributed by atoms with Crippen LogP contribution in [0.25, 0.3) is 11.1 Å². The van der Waals surface area contributed by atoms with E-state index in [1.54, 1.807) is 32.0 Å². The van der Waals surface area contributed by atoms with Crippen LogP contribution in [0, 0.1) is 6.92 Å². The number of aliphatic carboxylic acids is 1. The molecule has 0 aliphatic carbocycles. The van der Waals surface area contributed by atoms with Crippen molar-refractivity contribution in [2.45, 2.75) is 26.9 Å². The lowest BCUT2D eigenvalue weighted by molar-refractivity contribution is -0.137. The summed E-state index contributed by atoms with van der Waals surface area (Å²) in [6.45, 7) is 3.07. The summed E-state index contributed by atoms with van der Waals surface area (Å²) in [6, 6.07) is 5.12. The molecule has 22 heavy (non-hydrogen) atoms. The Morgan fingerprint density at radius 1 is 1.27 bits per heavy atom. The van der Waals surface area contributed by atoms with E-state index in [-0.39, 0.29) is 12.1 Å². The first-order valence-electron chi connectivity index (χ1n) is 6.68. The Hall–Kier alpha value is -2.34. The van der Waals surface area contributed by atoms with E-state index in [9.17, 15) is 14.4 Å². The third-order valence-electron chi connectivity index (χ3n) is 3.42. The van der Waals surface area contributed by atoms with E-state index in [0.717, 1.165) is 9.13 Å². The second-order valence-electron chi connectivity index (χ2n) is 4.81. The minimum atomic E-state index is -1.16. The summed E-state index contributed by atoms with van der Waals surface area (Å²) in [7, 11) is 0. The topological polar surface area (TPSA) is 81.3 Å². The van der Waals surface area contributed by atoms with Crippen LogP contribution in [0.5, 0.6) is 0 Å². The second-order valence-corrected chi connectivity index (χ2v) is 5.22. The number of carboxylic acids is 1. The van der Waals surface area contributed by atoms with Gasteiger partial charge in [-0.05, 0) is 31.0 Å².